The van der Waals surface area contributed by atoms with E-state index in [1.807, 2.05) is 13.0 Å². The summed E-state index contributed by atoms with van der Waals surface area (Å²) in [6.07, 6.45) is 0. The molecule has 86 valence electrons. The van der Waals surface area contributed by atoms with Crippen LogP contribution in [0.4, 0.5) is 5.82 Å². The van der Waals surface area contributed by atoms with Crippen LogP contribution in [0.2, 0.25) is 10.0 Å². The number of H-pyrrole nitrogens is 1. The number of hydrogen-bond donors (Lipinski definition) is 2. The molecule has 0 aliphatic heterocycles. The number of rotatable bonds is 1. The Balaban J connectivity index is 2.62. The standard InChI is InChI=1S/C12H9Cl2N3/c1-6-8(5-15)12(16)17-11(6)7-2-3-9(13)10(14)4-7/h2-4,17H,16H2,1H3. The van der Waals surface area contributed by atoms with Crippen molar-refractivity contribution >= 4 is 29.0 Å². The smallest absolute Gasteiger partial charge is 0.119 e. The summed E-state index contributed by atoms with van der Waals surface area (Å²) in [4.78, 5) is 2.98. The first-order valence-electron chi connectivity index (χ1n) is 4.88. The maximum atomic E-state index is 8.96. The summed E-state index contributed by atoms with van der Waals surface area (Å²) in [6, 6.07) is 7.34. The van der Waals surface area contributed by atoms with Crippen molar-refractivity contribution in [3.8, 4) is 17.3 Å². The molecular weight excluding hydrogens is 257 g/mol. The van der Waals surface area contributed by atoms with E-state index in [4.69, 9.17) is 34.2 Å². The molecule has 0 atom stereocenters. The van der Waals surface area contributed by atoms with E-state index in [1.54, 1.807) is 12.1 Å². The zero-order valence-electron chi connectivity index (χ0n) is 9.01. The second kappa shape index (κ2) is 4.33. The van der Waals surface area contributed by atoms with Crippen LogP contribution in [0.3, 0.4) is 0 Å². The third-order valence-corrected chi connectivity index (χ3v) is 3.34. The van der Waals surface area contributed by atoms with E-state index in [0.29, 0.717) is 21.4 Å². The van der Waals surface area contributed by atoms with E-state index in [9.17, 15) is 0 Å². The van der Waals surface area contributed by atoms with Gasteiger partial charge in [0.15, 0.2) is 0 Å². The van der Waals surface area contributed by atoms with Crippen molar-refractivity contribution in [1.29, 1.82) is 5.26 Å². The largest absolute Gasteiger partial charge is 0.384 e. The highest BCUT2D eigenvalue weighted by atomic mass is 35.5. The highest BCUT2D eigenvalue weighted by molar-refractivity contribution is 6.42. The predicted molar refractivity (Wildman–Crippen MR) is 70.1 cm³/mol. The van der Waals surface area contributed by atoms with Gasteiger partial charge >= 0.3 is 0 Å². The molecule has 0 amide bonds. The zero-order chi connectivity index (χ0) is 12.6. The van der Waals surface area contributed by atoms with Gasteiger partial charge in [-0.3, -0.25) is 0 Å². The molecule has 0 saturated heterocycles. The minimum absolute atomic E-state index is 0.367. The average Bonchev–Trinajstić information content (AvgIpc) is 2.58. The average molecular weight is 266 g/mol. The molecule has 17 heavy (non-hydrogen) atoms. The number of nitrogens with one attached hydrogen (secondary N) is 1. The molecule has 0 aliphatic rings. The molecule has 5 heteroatoms. The van der Waals surface area contributed by atoms with Crippen LogP contribution in [-0.2, 0) is 0 Å². The molecule has 1 aromatic carbocycles. The lowest BCUT2D eigenvalue weighted by Gasteiger charge is -2.02. The number of halogens is 2. The lowest BCUT2D eigenvalue weighted by molar-refractivity contribution is 1.38. The highest BCUT2D eigenvalue weighted by Gasteiger charge is 2.13. The lowest BCUT2D eigenvalue weighted by atomic mass is 10.1. The van der Waals surface area contributed by atoms with Crippen molar-refractivity contribution in [1.82, 2.24) is 4.98 Å². The summed E-state index contributed by atoms with van der Waals surface area (Å²) in [6.45, 7) is 1.84. The first kappa shape index (κ1) is 11.8. The van der Waals surface area contributed by atoms with Gasteiger partial charge < -0.3 is 10.7 Å². The summed E-state index contributed by atoms with van der Waals surface area (Å²) in [7, 11) is 0. The van der Waals surface area contributed by atoms with Crippen molar-refractivity contribution in [3.63, 3.8) is 0 Å². The van der Waals surface area contributed by atoms with Crippen molar-refractivity contribution in [2.45, 2.75) is 6.92 Å². The van der Waals surface area contributed by atoms with E-state index in [-0.39, 0.29) is 0 Å². The summed E-state index contributed by atoms with van der Waals surface area (Å²) in [5.41, 5.74) is 8.63. The quantitative estimate of drug-likeness (QED) is 0.825. The number of benzene rings is 1. The van der Waals surface area contributed by atoms with Gasteiger partial charge in [0, 0.05) is 0 Å². The minimum atomic E-state index is 0.367. The van der Waals surface area contributed by atoms with Gasteiger partial charge in [-0.05, 0) is 30.2 Å². The Morgan fingerprint density at radius 3 is 2.53 bits per heavy atom. The Morgan fingerprint density at radius 1 is 1.29 bits per heavy atom. The van der Waals surface area contributed by atoms with E-state index in [1.165, 1.54) is 0 Å². The van der Waals surface area contributed by atoms with Gasteiger partial charge in [0.1, 0.15) is 11.9 Å². The lowest BCUT2D eigenvalue weighted by Crippen LogP contribution is -1.87. The van der Waals surface area contributed by atoms with Crippen molar-refractivity contribution in [2.24, 2.45) is 0 Å². The Morgan fingerprint density at radius 2 is 2.00 bits per heavy atom. The first-order valence-corrected chi connectivity index (χ1v) is 5.63. The van der Waals surface area contributed by atoms with E-state index >= 15 is 0 Å². The topological polar surface area (TPSA) is 65.6 Å². The summed E-state index contributed by atoms with van der Waals surface area (Å²) in [5.74, 6) is 0.367. The fourth-order valence-corrected chi connectivity index (χ4v) is 2.00. The molecule has 0 spiro atoms. The zero-order valence-corrected chi connectivity index (χ0v) is 10.5. The third kappa shape index (κ3) is 1.97. The number of nitrogens with two attached hydrogens (primary N) is 1. The molecule has 0 aliphatic carbocycles. The molecule has 0 unspecified atom stereocenters. The van der Waals surface area contributed by atoms with Crippen LogP contribution in [0, 0.1) is 18.3 Å². The maximum Gasteiger partial charge on any atom is 0.119 e. The van der Waals surface area contributed by atoms with Crippen LogP contribution in [-0.4, -0.2) is 4.98 Å². The van der Waals surface area contributed by atoms with Crippen LogP contribution in [0.5, 0.6) is 0 Å². The normalized spacial score (nSPS) is 10.2. The summed E-state index contributed by atoms with van der Waals surface area (Å²) < 4.78 is 0. The minimum Gasteiger partial charge on any atom is -0.384 e. The molecule has 2 rings (SSSR count). The molecule has 2 aromatic rings. The molecule has 0 saturated carbocycles. The number of aromatic amines is 1. The van der Waals surface area contributed by atoms with Crippen molar-refractivity contribution in [2.75, 3.05) is 5.73 Å². The maximum absolute atomic E-state index is 8.96. The van der Waals surface area contributed by atoms with Crippen LogP contribution < -0.4 is 5.73 Å². The van der Waals surface area contributed by atoms with Crippen LogP contribution in [0.25, 0.3) is 11.3 Å². The van der Waals surface area contributed by atoms with E-state index in [2.05, 4.69) is 11.1 Å². The van der Waals surface area contributed by atoms with Gasteiger partial charge in [0.25, 0.3) is 0 Å². The molecular formula is C12H9Cl2N3. The number of nitrogens with zero attached hydrogens (tertiary/aromatic N) is 1. The Bertz CT molecular complexity index is 623. The highest BCUT2D eigenvalue weighted by Crippen LogP contribution is 2.32. The summed E-state index contributed by atoms with van der Waals surface area (Å²) >= 11 is 11.8. The molecule has 0 fully saturated rings. The van der Waals surface area contributed by atoms with Crippen LogP contribution in [0.1, 0.15) is 11.1 Å². The van der Waals surface area contributed by atoms with Crippen LogP contribution in [0.15, 0.2) is 18.2 Å². The second-order valence-corrected chi connectivity index (χ2v) is 4.47. The molecule has 1 heterocycles. The first-order chi connectivity index (χ1) is 8.04. The van der Waals surface area contributed by atoms with E-state index in [0.717, 1.165) is 16.8 Å². The number of anilines is 1. The molecule has 0 bridgehead atoms. The van der Waals surface area contributed by atoms with Gasteiger partial charge in [-0.15, -0.1) is 0 Å². The third-order valence-electron chi connectivity index (χ3n) is 2.60. The number of nitriles is 1. The van der Waals surface area contributed by atoms with E-state index < -0.39 is 0 Å². The summed E-state index contributed by atoms with van der Waals surface area (Å²) in [5, 5.41) is 9.92. The fourth-order valence-electron chi connectivity index (χ4n) is 1.70. The molecule has 0 radical (unpaired) electrons. The van der Waals surface area contributed by atoms with Crippen LogP contribution >= 0.6 is 23.2 Å². The number of aromatic nitrogens is 1. The van der Waals surface area contributed by atoms with Gasteiger partial charge in [-0.1, -0.05) is 29.3 Å². The monoisotopic (exact) mass is 265 g/mol. The van der Waals surface area contributed by atoms with Gasteiger partial charge in [0.2, 0.25) is 0 Å². The number of nitrogen functional groups attached to an aromatic ring is 1. The molecule has 3 nitrogen and oxygen atoms in total. The van der Waals surface area contributed by atoms with Crippen molar-refractivity contribution < 1.29 is 0 Å². The number of hydrogen-bond acceptors (Lipinski definition) is 2. The fraction of sp³-hybridized carbons (Fsp3) is 0.0833. The Labute approximate surface area is 109 Å². The Kier molecular flexibility index (Phi) is 3.01. The Hall–Kier alpha value is -1.63. The van der Waals surface area contributed by atoms with Gasteiger partial charge in [-0.25, -0.2) is 0 Å². The molecule has 3 N–H and O–H groups in total. The predicted octanol–water partition coefficient (Wildman–Crippen LogP) is 3.75. The SMILES string of the molecule is Cc1c(-c2ccc(Cl)c(Cl)c2)[nH]c(N)c1C#N. The molecule has 1 aromatic heterocycles. The van der Waals surface area contributed by atoms with Gasteiger partial charge in [0.05, 0.1) is 21.3 Å². The van der Waals surface area contributed by atoms with Crippen molar-refractivity contribution in [3.05, 3.63) is 39.4 Å². The second-order valence-electron chi connectivity index (χ2n) is 3.65. The van der Waals surface area contributed by atoms with Gasteiger partial charge in [-0.2, -0.15) is 5.26 Å².